The summed E-state index contributed by atoms with van der Waals surface area (Å²) in [5.41, 5.74) is 4.07. The van der Waals surface area contributed by atoms with Crippen molar-refractivity contribution >= 4 is 32.7 Å². The molecule has 0 atom stereocenters. The maximum atomic E-state index is 11.1. The Morgan fingerprint density at radius 3 is 3.07 bits per heavy atom. The zero-order valence-corrected chi connectivity index (χ0v) is 9.47. The van der Waals surface area contributed by atoms with Crippen molar-refractivity contribution in [3.63, 3.8) is 0 Å². The van der Waals surface area contributed by atoms with Crippen LogP contribution in [0, 0.1) is 0 Å². The minimum absolute atomic E-state index is 0.198. The highest BCUT2D eigenvalue weighted by molar-refractivity contribution is 9.10. The minimum Gasteiger partial charge on any atom is -0.361 e. The first kappa shape index (κ1) is 10.2. The largest absolute Gasteiger partial charge is 0.361 e. The summed E-state index contributed by atoms with van der Waals surface area (Å²) in [7, 11) is 0. The van der Waals surface area contributed by atoms with Gasteiger partial charge in [0.05, 0.1) is 6.42 Å². The molecule has 0 radical (unpaired) electrons. The SMILES string of the molecule is NNC(=O)Cc1c[nH]c2ccc(Br)cc12. The predicted molar refractivity (Wildman–Crippen MR) is 62.0 cm³/mol. The third-order valence-corrected chi connectivity index (χ3v) is 2.73. The van der Waals surface area contributed by atoms with Crippen LogP contribution >= 0.6 is 15.9 Å². The second kappa shape index (κ2) is 4.04. The molecule has 1 heterocycles. The van der Waals surface area contributed by atoms with E-state index in [4.69, 9.17) is 5.84 Å². The number of fused-ring (bicyclic) bond motifs is 1. The lowest BCUT2D eigenvalue weighted by molar-refractivity contribution is -0.120. The molecule has 0 bridgehead atoms. The smallest absolute Gasteiger partial charge is 0.238 e. The summed E-state index contributed by atoms with van der Waals surface area (Å²) in [6, 6.07) is 5.89. The molecule has 15 heavy (non-hydrogen) atoms. The van der Waals surface area contributed by atoms with Crippen molar-refractivity contribution in [3.8, 4) is 0 Å². The van der Waals surface area contributed by atoms with Gasteiger partial charge in [0.1, 0.15) is 0 Å². The molecule has 0 aliphatic heterocycles. The number of carbonyl (C=O) groups is 1. The van der Waals surface area contributed by atoms with E-state index in [0.717, 1.165) is 20.9 Å². The molecule has 0 saturated heterocycles. The third kappa shape index (κ3) is 2.03. The lowest BCUT2D eigenvalue weighted by atomic mass is 10.1. The third-order valence-electron chi connectivity index (χ3n) is 2.24. The zero-order valence-electron chi connectivity index (χ0n) is 7.88. The number of aromatic amines is 1. The van der Waals surface area contributed by atoms with Crippen LogP contribution in [0.4, 0.5) is 0 Å². The van der Waals surface area contributed by atoms with Gasteiger partial charge < -0.3 is 4.98 Å². The fourth-order valence-electron chi connectivity index (χ4n) is 1.52. The van der Waals surface area contributed by atoms with Crippen molar-refractivity contribution in [2.45, 2.75) is 6.42 Å². The van der Waals surface area contributed by atoms with E-state index in [1.165, 1.54) is 0 Å². The van der Waals surface area contributed by atoms with Crippen molar-refractivity contribution in [2.75, 3.05) is 0 Å². The number of hydrogen-bond donors (Lipinski definition) is 3. The number of halogens is 1. The molecule has 2 aromatic rings. The van der Waals surface area contributed by atoms with Crippen LogP contribution in [0.3, 0.4) is 0 Å². The average Bonchev–Trinajstić information content (AvgIpc) is 2.61. The number of hydrogen-bond acceptors (Lipinski definition) is 2. The molecule has 2 rings (SSSR count). The van der Waals surface area contributed by atoms with Crippen LogP contribution in [0.1, 0.15) is 5.56 Å². The monoisotopic (exact) mass is 267 g/mol. The number of rotatable bonds is 2. The Bertz CT molecular complexity index is 506. The van der Waals surface area contributed by atoms with Gasteiger partial charge in [0.15, 0.2) is 0 Å². The first-order valence-electron chi connectivity index (χ1n) is 4.45. The fourth-order valence-corrected chi connectivity index (χ4v) is 1.88. The number of benzene rings is 1. The Hall–Kier alpha value is -1.33. The Kier molecular flexibility index (Phi) is 2.75. The predicted octanol–water partition coefficient (Wildman–Crippen LogP) is 1.46. The van der Waals surface area contributed by atoms with E-state index in [9.17, 15) is 4.79 Å². The number of amides is 1. The van der Waals surface area contributed by atoms with Gasteiger partial charge in [-0.25, -0.2) is 5.84 Å². The standard InChI is InChI=1S/C10H10BrN3O/c11-7-1-2-9-8(4-7)6(5-13-9)3-10(15)14-12/h1-2,4-5,13H,3,12H2,(H,14,15). The Morgan fingerprint density at radius 2 is 2.33 bits per heavy atom. The summed E-state index contributed by atoms with van der Waals surface area (Å²) in [5.74, 6) is 4.85. The lowest BCUT2D eigenvalue weighted by Crippen LogP contribution is -2.31. The first-order valence-corrected chi connectivity index (χ1v) is 5.25. The van der Waals surface area contributed by atoms with Crippen molar-refractivity contribution < 1.29 is 4.79 Å². The summed E-state index contributed by atoms with van der Waals surface area (Å²) in [6.07, 6.45) is 2.11. The van der Waals surface area contributed by atoms with Crippen molar-refractivity contribution in [3.05, 3.63) is 34.4 Å². The van der Waals surface area contributed by atoms with E-state index in [2.05, 4.69) is 26.3 Å². The van der Waals surface area contributed by atoms with Crippen molar-refractivity contribution in [1.82, 2.24) is 10.4 Å². The average molecular weight is 268 g/mol. The quantitative estimate of drug-likeness (QED) is 0.438. The van der Waals surface area contributed by atoms with Gasteiger partial charge in [-0.2, -0.15) is 0 Å². The van der Waals surface area contributed by atoms with Crippen LogP contribution < -0.4 is 11.3 Å². The van der Waals surface area contributed by atoms with Gasteiger partial charge in [-0.3, -0.25) is 10.2 Å². The van der Waals surface area contributed by atoms with Crippen molar-refractivity contribution in [1.29, 1.82) is 0 Å². The van der Waals surface area contributed by atoms with E-state index in [1.807, 2.05) is 24.4 Å². The highest BCUT2D eigenvalue weighted by atomic mass is 79.9. The number of carbonyl (C=O) groups excluding carboxylic acids is 1. The van der Waals surface area contributed by atoms with Crippen LogP contribution in [-0.2, 0) is 11.2 Å². The molecule has 1 aromatic carbocycles. The fraction of sp³-hybridized carbons (Fsp3) is 0.100. The van der Waals surface area contributed by atoms with Gasteiger partial charge in [-0.1, -0.05) is 15.9 Å². The molecule has 5 heteroatoms. The number of nitrogens with one attached hydrogen (secondary N) is 2. The molecule has 1 aromatic heterocycles. The molecule has 78 valence electrons. The zero-order chi connectivity index (χ0) is 10.8. The first-order chi connectivity index (χ1) is 7.20. The van der Waals surface area contributed by atoms with E-state index < -0.39 is 0 Å². The van der Waals surface area contributed by atoms with Gasteiger partial charge in [0.25, 0.3) is 0 Å². The van der Waals surface area contributed by atoms with Gasteiger partial charge >= 0.3 is 0 Å². The Labute approximate surface area is 94.9 Å². The summed E-state index contributed by atoms with van der Waals surface area (Å²) in [4.78, 5) is 14.2. The molecule has 4 nitrogen and oxygen atoms in total. The van der Waals surface area contributed by atoms with Crippen LogP contribution in [0.25, 0.3) is 10.9 Å². The molecule has 0 aliphatic rings. The van der Waals surface area contributed by atoms with E-state index >= 15 is 0 Å². The van der Waals surface area contributed by atoms with Gasteiger partial charge in [-0.15, -0.1) is 0 Å². The normalized spacial score (nSPS) is 10.5. The molecular weight excluding hydrogens is 258 g/mol. The van der Waals surface area contributed by atoms with Crippen LogP contribution in [0.5, 0.6) is 0 Å². The number of hydrazine groups is 1. The maximum Gasteiger partial charge on any atom is 0.238 e. The summed E-state index contributed by atoms with van der Waals surface area (Å²) in [6.45, 7) is 0. The molecule has 1 amide bonds. The van der Waals surface area contributed by atoms with Crippen LogP contribution in [0.2, 0.25) is 0 Å². The molecule has 0 aliphatic carbocycles. The number of H-pyrrole nitrogens is 1. The molecule has 0 spiro atoms. The second-order valence-electron chi connectivity index (χ2n) is 3.25. The van der Waals surface area contributed by atoms with E-state index in [0.29, 0.717) is 0 Å². The summed E-state index contributed by atoms with van der Waals surface area (Å²) in [5, 5.41) is 1.04. The topological polar surface area (TPSA) is 70.9 Å². The van der Waals surface area contributed by atoms with Gasteiger partial charge in [-0.05, 0) is 23.8 Å². The van der Waals surface area contributed by atoms with Gasteiger partial charge in [0, 0.05) is 21.6 Å². The molecule has 0 fully saturated rings. The molecule has 0 unspecified atom stereocenters. The highest BCUT2D eigenvalue weighted by Crippen LogP contribution is 2.22. The summed E-state index contributed by atoms with van der Waals surface area (Å²) >= 11 is 3.40. The minimum atomic E-state index is -0.198. The second-order valence-corrected chi connectivity index (χ2v) is 4.16. The molecular formula is C10H10BrN3O. The highest BCUT2D eigenvalue weighted by Gasteiger charge is 2.07. The molecule has 4 N–H and O–H groups in total. The van der Waals surface area contributed by atoms with Crippen LogP contribution in [-0.4, -0.2) is 10.9 Å². The summed E-state index contributed by atoms with van der Waals surface area (Å²) < 4.78 is 0.990. The van der Waals surface area contributed by atoms with Crippen molar-refractivity contribution in [2.24, 2.45) is 5.84 Å². The Balaban J connectivity index is 2.43. The Morgan fingerprint density at radius 1 is 1.53 bits per heavy atom. The van der Waals surface area contributed by atoms with E-state index in [1.54, 1.807) is 0 Å². The lowest BCUT2D eigenvalue weighted by Gasteiger charge is -1.98. The maximum absolute atomic E-state index is 11.1. The van der Waals surface area contributed by atoms with Gasteiger partial charge in [0.2, 0.25) is 5.91 Å². The number of nitrogens with two attached hydrogens (primary N) is 1. The van der Waals surface area contributed by atoms with Crippen LogP contribution in [0.15, 0.2) is 28.9 Å². The number of aromatic nitrogens is 1. The molecule has 0 saturated carbocycles. The van der Waals surface area contributed by atoms with E-state index in [-0.39, 0.29) is 12.3 Å².